The highest BCUT2D eigenvalue weighted by atomic mass is 79.9. The number of aliphatic hydroxyl groups excluding tert-OH is 1. The van der Waals surface area contributed by atoms with Gasteiger partial charge in [-0.2, -0.15) is 0 Å². The summed E-state index contributed by atoms with van der Waals surface area (Å²) >= 11 is 9.07. The predicted molar refractivity (Wildman–Crippen MR) is 88.8 cm³/mol. The number of rotatable bonds is 3. The van der Waals surface area contributed by atoms with E-state index in [1.807, 2.05) is 0 Å². The number of carboxylic acid groups (broad SMARTS) is 1. The van der Waals surface area contributed by atoms with E-state index in [1.54, 1.807) is 30.3 Å². The Labute approximate surface area is 150 Å². The van der Waals surface area contributed by atoms with Crippen LogP contribution in [0.25, 0.3) is 0 Å². The maximum atomic E-state index is 13.9. The van der Waals surface area contributed by atoms with Gasteiger partial charge in [-0.1, -0.05) is 41.9 Å². The van der Waals surface area contributed by atoms with Crippen LogP contribution in [0.1, 0.15) is 17.2 Å². The van der Waals surface area contributed by atoms with Crippen LogP contribution in [-0.2, 0) is 5.60 Å². The van der Waals surface area contributed by atoms with E-state index in [9.17, 15) is 14.3 Å². The van der Waals surface area contributed by atoms with Gasteiger partial charge in [0.25, 0.3) is 0 Å². The van der Waals surface area contributed by atoms with E-state index in [2.05, 4.69) is 21.2 Å². The van der Waals surface area contributed by atoms with Crippen LogP contribution in [0.15, 0.2) is 40.9 Å². The average molecular weight is 417 g/mol. The summed E-state index contributed by atoms with van der Waals surface area (Å²) in [7, 11) is 0. The lowest BCUT2D eigenvalue weighted by Crippen LogP contribution is -2.46. The molecule has 3 rings (SSSR count). The van der Waals surface area contributed by atoms with E-state index in [0.717, 1.165) is 6.07 Å². The molecule has 0 fully saturated rings. The molecule has 1 aliphatic heterocycles. The summed E-state index contributed by atoms with van der Waals surface area (Å²) in [5.74, 6) is -0.600. The second-order valence-corrected chi connectivity index (χ2v) is 6.49. The van der Waals surface area contributed by atoms with Crippen LogP contribution in [0.3, 0.4) is 0 Å². The zero-order valence-electron chi connectivity index (χ0n) is 12.1. The summed E-state index contributed by atoms with van der Waals surface area (Å²) in [6.45, 7) is -0.228. The minimum Gasteiger partial charge on any atom is -0.477 e. The van der Waals surface area contributed by atoms with Crippen molar-refractivity contribution >= 4 is 33.6 Å². The van der Waals surface area contributed by atoms with Crippen molar-refractivity contribution in [3.8, 4) is 5.75 Å². The molecule has 0 aliphatic carbocycles. The highest BCUT2D eigenvalue weighted by molar-refractivity contribution is 9.10. The van der Waals surface area contributed by atoms with Gasteiger partial charge in [0.2, 0.25) is 0 Å². The third-order valence-electron chi connectivity index (χ3n) is 3.93. The number of carbonyl (C=O) groups is 1. The van der Waals surface area contributed by atoms with Crippen molar-refractivity contribution in [2.24, 2.45) is 0 Å². The molecule has 24 heavy (non-hydrogen) atoms. The number of hydrogen-bond acceptors (Lipinski definition) is 3. The van der Waals surface area contributed by atoms with E-state index in [-0.39, 0.29) is 27.4 Å². The molecule has 0 saturated heterocycles. The molecule has 1 amide bonds. The van der Waals surface area contributed by atoms with Gasteiger partial charge in [-0.3, -0.25) is 0 Å². The number of ether oxygens (including phenoxy) is 1. The normalized spacial score (nSPS) is 21.9. The van der Waals surface area contributed by atoms with E-state index >= 15 is 0 Å². The first kappa shape index (κ1) is 17.0. The molecule has 0 radical (unpaired) electrons. The van der Waals surface area contributed by atoms with Gasteiger partial charge in [0, 0.05) is 21.7 Å². The van der Waals surface area contributed by atoms with Gasteiger partial charge in [0.05, 0.1) is 11.6 Å². The maximum absolute atomic E-state index is 13.9. The summed E-state index contributed by atoms with van der Waals surface area (Å²) in [5, 5.41) is 21.9. The Hall–Kier alpha value is -1.83. The number of halogens is 3. The fourth-order valence-electron chi connectivity index (χ4n) is 2.79. The maximum Gasteiger partial charge on any atom is 0.404 e. The van der Waals surface area contributed by atoms with E-state index < -0.39 is 23.6 Å². The zero-order chi connectivity index (χ0) is 17.5. The third kappa shape index (κ3) is 2.62. The van der Waals surface area contributed by atoms with Gasteiger partial charge in [-0.05, 0) is 15.9 Å². The molecule has 0 bridgehead atoms. The Balaban J connectivity index is 2.14. The second-order valence-electron chi connectivity index (χ2n) is 5.32. The Morgan fingerprint density at radius 1 is 1.42 bits per heavy atom. The monoisotopic (exact) mass is 415 g/mol. The van der Waals surface area contributed by atoms with Crippen molar-refractivity contribution in [2.75, 3.05) is 6.54 Å². The largest absolute Gasteiger partial charge is 0.477 e. The third-order valence-corrected chi connectivity index (χ3v) is 5.36. The Bertz CT molecular complexity index is 804. The van der Waals surface area contributed by atoms with Crippen LogP contribution < -0.4 is 10.1 Å². The lowest BCUT2D eigenvalue weighted by molar-refractivity contribution is -0.0310. The minimum absolute atomic E-state index is 0.104. The van der Waals surface area contributed by atoms with E-state index in [0.29, 0.717) is 5.56 Å². The van der Waals surface area contributed by atoms with Crippen molar-refractivity contribution in [2.45, 2.75) is 11.7 Å². The highest BCUT2D eigenvalue weighted by Gasteiger charge is 2.51. The summed E-state index contributed by atoms with van der Waals surface area (Å²) in [6.07, 6.45) is -2.52. The van der Waals surface area contributed by atoms with Gasteiger partial charge in [-0.15, -0.1) is 0 Å². The van der Waals surface area contributed by atoms with Crippen LogP contribution in [0, 0.1) is 5.82 Å². The number of benzene rings is 2. The van der Waals surface area contributed by atoms with Gasteiger partial charge in [0.1, 0.15) is 17.7 Å². The molecule has 8 heteroatoms. The summed E-state index contributed by atoms with van der Waals surface area (Å²) in [5.41, 5.74) is -0.606. The van der Waals surface area contributed by atoms with Crippen molar-refractivity contribution in [3.05, 3.63) is 62.8 Å². The first-order valence-electron chi connectivity index (χ1n) is 6.93. The second kappa shape index (κ2) is 6.23. The van der Waals surface area contributed by atoms with Crippen molar-refractivity contribution in [3.63, 3.8) is 0 Å². The van der Waals surface area contributed by atoms with Crippen molar-refractivity contribution in [1.29, 1.82) is 0 Å². The topological polar surface area (TPSA) is 78.8 Å². The van der Waals surface area contributed by atoms with Crippen LogP contribution >= 0.6 is 27.5 Å². The molecule has 0 unspecified atom stereocenters. The summed E-state index contributed by atoms with van der Waals surface area (Å²) < 4.78 is 19.9. The molecule has 2 aromatic carbocycles. The standard InChI is InChI=1S/C16H12BrClFNO4/c17-12-11-10(6-9(19)13(12)18)24-16(14(11)21,7-20-15(22)23)8-4-2-1-3-5-8/h1-6,14,20-21H,7H2,(H,22,23)/t14-,16+/m0/s1. The molecular weight excluding hydrogens is 405 g/mol. The van der Waals surface area contributed by atoms with E-state index in [4.69, 9.17) is 21.4 Å². The van der Waals surface area contributed by atoms with Crippen LogP contribution in [0.4, 0.5) is 9.18 Å². The molecule has 0 spiro atoms. The molecule has 1 aliphatic rings. The van der Waals surface area contributed by atoms with Crippen LogP contribution in [0.2, 0.25) is 5.02 Å². The van der Waals surface area contributed by atoms with Crippen molar-refractivity contribution in [1.82, 2.24) is 5.32 Å². The fraction of sp³-hybridized carbons (Fsp3) is 0.188. The average Bonchev–Trinajstić information content (AvgIpc) is 2.85. The lowest BCUT2D eigenvalue weighted by Gasteiger charge is -2.32. The van der Waals surface area contributed by atoms with Gasteiger partial charge in [-0.25, -0.2) is 9.18 Å². The SMILES string of the molecule is O=C(O)NC[C@]1(c2ccccc2)Oc2cc(F)c(Cl)c(Br)c2[C@@H]1O. The molecule has 3 N–H and O–H groups in total. The number of nitrogens with one attached hydrogen (secondary N) is 1. The zero-order valence-corrected chi connectivity index (χ0v) is 14.4. The highest BCUT2D eigenvalue weighted by Crippen LogP contribution is 2.53. The first-order chi connectivity index (χ1) is 11.4. The number of aliphatic hydroxyl groups is 1. The lowest BCUT2D eigenvalue weighted by atomic mass is 9.86. The van der Waals surface area contributed by atoms with Crippen LogP contribution in [0.5, 0.6) is 5.75 Å². The molecule has 2 atom stereocenters. The van der Waals surface area contributed by atoms with E-state index in [1.165, 1.54) is 0 Å². The summed E-state index contributed by atoms with van der Waals surface area (Å²) in [6, 6.07) is 9.73. The summed E-state index contributed by atoms with van der Waals surface area (Å²) in [4.78, 5) is 10.9. The molecule has 0 aromatic heterocycles. The quantitative estimate of drug-likeness (QED) is 0.665. The Kier molecular flexibility index (Phi) is 4.42. The first-order valence-corrected chi connectivity index (χ1v) is 8.10. The molecule has 0 saturated carbocycles. The Morgan fingerprint density at radius 3 is 2.71 bits per heavy atom. The minimum atomic E-state index is -1.43. The smallest absolute Gasteiger partial charge is 0.404 e. The molecular formula is C16H12BrClFNO4. The molecule has 5 nitrogen and oxygen atoms in total. The van der Waals surface area contributed by atoms with Crippen LogP contribution in [-0.4, -0.2) is 22.9 Å². The van der Waals surface area contributed by atoms with Gasteiger partial charge >= 0.3 is 6.09 Å². The fourth-order valence-corrected chi connectivity index (χ4v) is 3.55. The Morgan fingerprint density at radius 2 is 2.08 bits per heavy atom. The van der Waals surface area contributed by atoms with Gasteiger partial charge in [0.15, 0.2) is 5.60 Å². The molecule has 126 valence electrons. The molecule has 1 heterocycles. The molecule has 2 aromatic rings. The number of fused-ring (bicyclic) bond motifs is 1. The van der Waals surface area contributed by atoms with Crippen molar-refractivity contribution < 1.29 is 24.1 Å². The van der Waals surface area contributed by atoms with Gasteiger partial charge < -0.3 is 20.3 Å². The number of hydrogen-bond donors (Lipinski definition) is 3. The number of amides is 1. The predicted octanol–water partition coefficient (Wildman–Crippen LogP) is 3.83.